The molecule has 0 saturated carbocycles. The highest BCUT2D eigenvalue weighted by Crippen LogP contribution is 2.24. The van der Waals surface area contributed by atoms with Crippen LogP contribution in [0.1, 0.15) is 23.7 Å². The molecule has 0 aliphatic heterocycles. The number of hydrogen-bond donors (Lipinski definition) is 1. The lowest BCUT2D eigenvalue weighted by Crippen LogP contribution is -2.06. The summed E-state index contributed by atoms with van der Waals surface area (Å²) in [6, 6.07) is 5.85. The molecule has 0 fully saturated rings. The Morgan fingerprint density at radius 2 is 2.18 bits per heavy atom. The zero-order chi connectivity index (χ0) is 12.4. The van der Waals surface area contributed by atoms with Gasteiger partial charge in [-0.1, -0.05) is 24.6 Å². The largest absolute Gasteiger partial charge is 0.326 e. The molecule has 0 atom stereocenters. The van der Waals surface area contributed by atoms with E-state index in [1.807, 2.05) is 36.0 Å². The molecule has 0 aliphatic carbocycles. The minimum atomic E-state index is 0.517. The standard InChI is InChI=1S/C13H16ClN3/c1-3-12-10(7-15)8-16-17(12)13-6-4-5-11(14)9(13)2/h4-6,8H,3,7,15H2,1-2H3. The van der Waals surface area contributed by atoms with Crippen molar-refractivity contribution in [2.45, 2.75) is 26.8 Å². The van der Waals surface area contributed by atoms with Crippen molar-refractivity contribution in [2.24, 2.45) is 5.73 Å². The fraction of sp³-hybridized carbons (Fsp3) is 0.308. The van der Waals surface area contributed by atoms with Gasteiger partial charge in [0.1, 0.15) is 0 Å². The molecule has 0 unspecified atom stereocenters. The maximum atomic E-state index is 6.13. The first-order valence-corrected chi connectivity index (χ1v) is 6.08. The van der Waals surface area contributed by atoms with Crippen LogP contribution in [0.5, 0.6) is 0 Å². The van der Waals surface area contributed by atoms with E-state index >= 15 is 0 Å². The molecule has 0 radical (unpaired) electrons. The van der Waals surface area contributed by atoms with E-state index in [9.17, 15) is 0 Å². The van der Waals surface area contributed by atoms with Gasteiger partial charge in [0.25, 0.3) is 0 Å². The van der Waals surface area contributed by atoms with E-state index < -0.39 is 0 Å². The Balaban J connectivity index is 2.60. The van der Waals surface area contributed by atoms with E-state index in [-0.39, 0.29) is 0 Å². The van der Waals surface area contributed by atoms with Crippen molar-refractivity contribution in [3.63, 3.8) is 0 Å². The van der Waals surface area contributed by atoms with Gasteiger partial charge >= 0.3 is 0 Å². The first kappa shape index (κ1) is 12.1. The number of halogens is 1. The summed E-state index contributed by atoms with van der Waals surface area (Å²) in [7, 11) is 0. The SMILES string of the molecule is CCc1c(CN)cnn1-c1cccc(Cl)c1C. The van der Waals surface area contributed by atoms with Crippen LogP contribution >= 0.6 is 11.6 Å². The van der Waals surface area contributed by atoms with Crippen LogP contribution in [0, 0.1) is 6.92 Å². The van der Waals surface area contributed by atoms with Crippen molar-refractivity contribution in [1.29, 1.82) is 0 Å². The zero-order valence-corrected chi connectivity index (χ0v) is 10.8. The molecular formula is C13H16ClN3. The highest BCUT2D eigenvalue weighted by Gasteiger charge is 2.12. The average molecular weight is 250 g/mol. The van der Waals surface area contributed by atoms with Gasteiger partial charge in [-0.05, 0) is 31.0 Å². The summed E-state index contributed by atoms with van der Waals surface area (Å²) in [5, 5.41) is 5.17. The maximum absolute atomic E-state index is 6.13. The fourth-order valence-corrected chi connectivity index (χ4v) is 2.16. The van der Waals surface area contributed by atoms with E-state index in [0.717, 1.165) is 34.0 Å². The van der Waals surface area contributed by atoms with Gasteiger partial charge < -0.3 is 5.73 Å². The van der Waals surface area contributed by atoms with Crippen LogP contribution in [0.3, 0.4) is 0 Å². The highest BCUT2D eigenvalue weighted by atomic mass is 35.5. The van der Waals surface area contributed by atoms with Crippen LogP contribution in [-0.4, -0.2) is 9.78 Å². The third kappa shape index (κ3) is 2.08. The van der Waals surface area contributed by atoms with Crippen LogP contribution in [0.2, 0.25) is 5.02 Å². The predicted molar refractivity (Wildman–Crippen MR) is 70.6 cm³/mol. The molecule has 90 valence electrons. The van der Waals surface area contributed by atoms with Crippen LogP contribution < -0.4 is 5.73 Å². The number of aromatic nitrogens is 2. The third-order valence-corrected chi connectivity index (χ3v) is 3.39. The molecule has 2 rings (SSSR count). The van der Waals surface area contributed by atoms with Crippen LogP contribution in [0.25, 0.3) is 5.69 Å². The quantitative estimate of drug-likeness (QED) is 0.909. The lowest BCUT2D eigenvalue weighted by molar-refractivity contribution is 0.802. The zero-order valence-electron chi connectivity index (χ0n) is 10.1. The molecule has 1 heterocycles. The van der Waals surface area contributed by atoms with Crippen molar-refractivity contribution in [3.05, 3.63) is 46.2 Å². The van der Waals surface area contributed by atoms with Gasteiger partial charge in [-0.3, -0.25) is 0 Å². The average Bonchev–Trinajstić information content (AvgIpc) is 2.75. The molecule has 0 aliphatic rings. The third-order valence-electron chi connectivity index (χ3n) is 2.98. The van der Waals surface area contributed by atoms with Crippen molar-refractivity contribution in [1.82, 2.24) is 9.78 Å². The van der Waals surface area contributed by atoms with Crippen LogP contribution in [0.4, 0.5) is 0 Å². The van der Waals surface area contributed by atoms with Crippen molar-refractivity contribution < 1.29 is 0 Å². The lowest BCUT2D eigenvalue weighted by Gasteiger charge is -2.11. The summed E-state index contributed by atoms with van der Waals surface area (Å²) in [5.74, 6) is 0. The van der Waals surface area contributed by atoms with Gasteiger partial charge in [0.2, 0.25) is 0 Å². The minimum absolute atomic E-state index is 0.517. The van der Waals surface area contributed by atoms with Gasteiger partial charge in [-0.15, -0.1) is 0 Å². The van der Waals surface area contributed by atoms with Crippen molar-refractivity contribution >= 4 is 11.6 Å². The summed E-state index contributed by atoms with van der Waals surface area (Å²) in [6.07, 6.45) is 2.73. The summed E-state index contributed by atoms with van der Waals surface area (Å²) in [4.78, 5) is 0. The van der Waals surface area contributed by atoms with Gasteiger partial charge in [-0.2, -0.15) is 5.10 Å². The molecule has 0 amide bonds. The molecule has 2 N–H and O–H groups in total. The molecule has 17 heavy (non-hydrogen) atoms. The lowest BCUT2D eigenvalue weighted by atomic mass is 10.1. The summed E-state index contributed by atoms with van der Waals surface area (Å²) in [5.41, 5.74) is 10.0. The van der Waals surface area contributed by atoms with Gasteiger partial charge in [0, 0.05) is 22.8 Å². The number of nitrogens with zero attached hydrogens (tertiary/aromatic N) is 2. The molecule has 2 aromatic rings. The molecule has 1 aromatic carbocycles. The molecule has 0 spiro atoms. The second kappa shape index (κ2) is 4.90. The topological polar surface area (TPSA) is 43.8 Å². The number of benzene rings is 1. The van der Waals surface area contributed by atoms with E-state index in [1.165, 1.54) is 0 Å². The Bertz CT molecular complexity index is 531. The first-order chi connectivity index (χ1) is 8.19. The molecule has 3 nitrogen and oxygen atoms in total. The number of nitrogens with two attached hydrogens (primary N) is 1. The second-order valence-electron chi connectivity index (χ2n) is 3.97. The van der Waals surface area contributed by atoms with Crippen LogP contribution in [0.15, 0.2) is 24.4 Å². The first-order valence-electron chi connectivity index (χ1n) is 5.70. The molecule has 0 bridgehead atoms. The van der Waals surface area contributed by atoms with Gasteiger partial charge in [0.05, 0.1) is 11.9 Å². The highest BCUT2D eigenvalue weighted by molar-refractivity contribution is 6.31. The van der Waals surface area contributed by atoms with E-state index in [4.69, 9.17) is 17.3 Å². The summed E-state index contributed by atoms with van der Waals surface area (Å²) in [6.45, 7) is 4.62. The Morgan fingerprint density at radius 3 is 2.82 bits per heavy atom. The second-order valence-corrected chi connectivity index (χ2v) is 4.38. The molecular weight excluding hydrogens is 234 g/mol. The van der Waals surface area contributed by atoms with E-state index in [0.29, 0.717) is 6.54 Å². The summed E-state index contributed by atoms with van der Waals surface area (Å²) < 4.78 is 1.93. The van der Waals surface area contributed by atoms with Crippen molar-refractivity contribution in [3.8, 4) is 5.69 Å². The molecule has 1 aromatic heterocycles. The van der Waals surface area contributed by atoms with E-state index in [1.54, 1.807) is 0 Å². The normalized spacial score (nSPS) is 10.8. The number of hydrogen-bond acceptors (Lipinski definition) is 2. The molecule has 0 saturated heterocycles. The van der Waals surface area contributed by atoms with Gasteiger partial charge in [0.15, 0.2) is 0 Å². The van der Waals surface area contributed by atoms with Crippen molar-refractivity contribution in [2.75, 3.05) is 0 Å². The minimum Gasteiger partial charge on any atom is -0.326 e. The molecule has 4 heteroatoms. The Kier molecular flexibility index (Phi) is 3.50. The summed E-state index contributed by atoms with van der Waals surface area (Å²) >= 11 is 6.13. The fourth-order valence-electron chi connectivity index (χ4n) is 1.99. The van der Waals surface area contributed by atoms with Gasteiger partial charge in [-0.25, -0.2) is 4.68 Å². The monoisotopic (exact) mass is 249 g/mol. The smallest absolute Gasteiger partial charge is 0.0692 e. The Labute approximate surface area is 106 Å². The Hall–Kier alpha value is -1.32. The van der Waals surface area contributed by atoms with E-state index in [2.05, 4.69) is 12.0 Å². The predicted octanol–water partition coefficient (Wildman–Crippen LogP) is 2.86. The number of rotatable bonds is 3. The maximum Gasteiger partial charge on any atom is 0.0692 e. The Morgan fingerprint density at radius 1 is 1.41 bits per heavy atom. The van der Waals surface area contributed by atoms with Crippen LogP contribution in [-0.2, 0) is 13.0 Å².